The van der Waals surface area contributed by atoms with Crippen molar-refractivity contribution in [3.8, 4) is 0 Å². The average molecular weight is 355 g/mol. The second kappa shape index (κ2) is 22.9. The highest BCUT2D eigenvalue weighted by molar-refractivity contribution is 5.86. The second-order valence-corrected chi connectivity index (χ2v) is 6.91. The van der Waals surface area contributed by atoms with Crippen LogP contribution < -0.4 is 0 Å². The van der Waals surface area contributed by atoms with Crippen molar-refractivity contribution in [2.75, 3.05) is 0 Å². The van der Waals surface area contributed by atoms with E-state index < -0.39 is 5.97 Å². The lowest BCUT2D eigenvalue weighted by molar-refractivity contribution is -0.137. The zero-order valence-electron chi connectivity index (χ0n) is 16.9. The number of unbranched alkanes of at least 4 members (excludes halogenated alkanes) is 14. The Morgan fingerprint density at radius 1 is 0.720 bits per heavy atom. The molecular weight excluding hydrogens is 312 g/mol. The van der Waals surface area contributed by atoms with Crippen molar-refractivity contribution < 1.29 is 14.7 Å². The lowest BCUT2D eigenvalue weighted by atomic mass is 10.0. The smallest absolute Gasteiger partial charge is 0.303 e. The minimum atomic E-state index is -0.653. The zero-order valence-corrected chi connectivity index (χ0v) is 16.9. The summed E-state index contributed by atoms with van der Waals surface area (Å²) in [6.07, 6.45) is 21.5. The molecule has 148 valence electrons. The average Bonchev–Trinajstić information content (AvgIpc) is 2.58. The molecule has 0 rings (SSSR count). The Morgan fingerprint density at radius 3 is 1.24 bits per heavy atom. The summed E-state index contributed by atoms with van der Waals surface area (Å²) in [5.74, 6) is -0.635. The van der Waals surface area contributed by atoms with Crippen molar-refractivity contribution in [3.05, 3.63) is 12.7 Å². The summed E-state index contributed by atoms with van der Waals surface area (Å²) >= 11 is 0. The fraction of sp³-hybridized carbons (Fsp3) is 0.818. The van der Waals surface area contributed by atoms with Crippen LogP contribution in [0.3, 0.4) is 0 Å². The zero-order chi connectivity index (χ0) is 19.2. The molecule has 0 unspecified atom stereocenters. The van der Waals surface area contributed by atoms with Crippen molar-refractivity contribution >= 4 is 11.8 Å². The Hall–Kier alpha value is -1.12. The standard InChI is InChI=1S/C18H36O2.C4H6O/c1-2-3-4-5-6-7-8-9-10-11-12-13-14-15-16-17-18(19)20;1-3-4(2)5/h2-17H2,1H3,(H,19,20);3H,1H2,2H3. The molecule has 1 N–H and O–H groups in total. The van der Waals surface area contributed by atoms with E-state index in [0.29, 0.717) is 6.42 Å². The van der Waals surface area contributed by atoms with Crippen LogP contribution in [0.15, 0.2) is 12.7 Å². The summed E-state index contributed by atoms with van der Waals surface area (Å²) in [5, 5.41) is 8.52. The summed E-state index contributed by atoms with van der Waals surface area (Å²) in [7, 11) is 0. The highest BCUT2D eigenvalue weighted by Gasteiger charge is 1.97. The summed E-state index contributed by atoms with van der Waals surface area (Å²) in [6, 6.07) is 0. The van der Waals surface area contributed by atoms with Crippen LogP contribution in [0.25, 0.3) is 0 Å². The molecule has 0 heterocycles. The minimum absolute atomic E-state index is 0.0185. The van der Waals surface area contributed by atoms with E-state index in [2.05, 4.69) is 13.5 Å². The first-order chi connectivity index (χ1) is 12.0. The van der Waals surface area contributed by atoms with Gasteiger partial charge in [0.2, 0.25) is 0 Å². The Kier molecular flexibility index (Phi) is 23.9. The molecule has 25 heavy (non-hydrogen) atoms. The normalized spacial score (nSPS) is 10.0. The van der Waals surface area contributed by atoms with Crippen molar-refractivity contribution in [3.63, 3.8) is 0 Å². The highest BCUT2D eigenvalue weighted by atomic mass is 16.4. The maximum atomic E-state index is 10.3. The molecule has 3 heteroatoms. The predicted octanol–water partition coefficient (Wildman–Crippen LogP) is 7.09. The van der Waals surface area contributed by atoms with E-state index in [1.807, 2.05) is 0 Å². The molecule has 0 aromatic carbocycles. The first-order valence-electron chi connectivity index (χ1n) is 10.4. The third-order valence-corrected chi connectivity index (χ3v) is 4.28. The first-order valence-corrected chi connectivity index (χ1v) is 10.4. The SMILES string of the molecule is C=CC(C)=O.CCCCCCCCCCCCCCCCCC(=O)O. The number of carbonyl (C=O) groups excluding carboxylic acids is 1. The summed E-state index contributed by atoms with van der Waals surface area (Å²) in [4.78, 5) is 20.0. The number of carboxylic acid groups (broad SMARTS) is 1. The number of carbonyl (C=O) groups is 2. The van der Waals surface area contributed by atoms with Gasteiger partial charge in [-0.25, -0.2) is 0 Å². The lowest BCUT2D eigenvalue weighted by Crippen LogP contribution is -1.93. The number of allylic oxidation sites excluding steroid dienone is 1. The second-order valence-electron chi connectivity index (χ2n) is 6.91. The van der Waals surface area contributed by atoms with Crippen molar-refractivity contribution in [1.29, 1.82) is 0 Å². The summed E-state index contributed by atoms with van der Waals surface area (Å²) in [5.41, 5.74) is 0. The summed E-state index contributed by atoms with van der Waals surface area (Å²) < 4.78 is 0. The van der Waals surface area contributed by atoms with Gasteiger partial charge in [0.25, 0.3) is 0 Å². The van der Waals surface area contributed by atoms with Gasteiger partial charge in [-0.3, -0.25) is 9.59 Å². The Labute approximate surface area is 156 Å². The predicted molar refractivity (Wildman–Crippen MR) is 108 cm³/mol. The van der Waals surface area contributed by atoms with Crippen LogP contribution >= 0.6 is 0 Å². The maximum Gasteiger partial charge on any atom is 0.303 e. The number of aliphatic carboxylic acids is 1. The van der Waals surface area contributed by atoms with Crippen LogP contribution in [-0.4, -0.2) is 16.9 Å². The van der Waals surface area contributed by atoms with Gasteiger partial charge in [0.1, 0.15) is 0 Å². The van der Waals surface area contributed by atoms with Crippen LogP contribution in [0.1, 0.15) is 117 Å². The highest BCUT2D eigenvalue weighted by Crippen LogP contribution is 2.13. The molecule has 0 aliphatic heterocycles. The molecule has 0 atom stereocenters. The maximum absolute atomic E-state index is 10.3. The first kappa shape index (κ1) is 26.1. The van der Waals surface area contributed by atoms with Crippen molar-refractivity contribution in [2.45, 2.75) is 117 Å². The van der Waals surface area contributed by atoms with Gasteiger partial charge in [-0.05, 0) is 19.4 Å². The van der Waals surface area contributed by atoms with Gasteiger partial charge in [-0.1, -0.05) is 103 Å². The quantitative estimate of drug-likeness (QED) is 0.224. The van der Waals surface area contributed by atoms with Crippen molar-refractivity contribution in [1.82, 2.24) is 0 Å². The van der Waals surface area contributed by atoms with Gasteiger partial charge in [-0.2, -0.15) is 0 Å². The fourth-order valence-corrected chi connectivity index (χ4v) is 2.65. The molecular formula is C22H42O3. The van der Waals surface area contributed by atoms with E-state index >= 15 is 0 Å². The van der Waals surface area contributed by atoms with Crippen LogP contribution in [0.5, 0.6) is 0 Å². The third kappa shape index (κ3) is 31.2. The fourth-order valence-electron chi connectivity index (χ4n) is 2.65. The van der Waals surface area contributed by atoms with Gasteiger partial charge in [0, 0.05) is 6.42 Å². The van der Waals surface area contributed by atoms with E-state index in [0.717, 1.165) is 12.8 Å². The van der Waals surface area contributed by atoms with Gasteiger partial charge < -0.3 is 5.11 Å². The molecule has 0 radical (unpaired) electrons. The van der Waals surface area contributed by atoms with E-state index in [4.69, 9.17) is 5.11 Å². The molecule has 0 bridgehead atoms. The van der Waals surface area contributed by atoms with Gasteiger partial charge in [0.15, 0.2) is 5.78 Å². The van der Waals surface area contributed by atoms with Crippen LogP contribution in [0.2, 0.25) is 0 Å². The number of hydrogen-bond donors (Lipinski definition) is 1. The summed E-state index contributed by atoms with van der Waals surface area (Å²) in [6.45, 7) is 6.95. The molecule has 0 spiro atoms. The van der Waals surface area contributed by atoms with Gasteiger partial charge in [-0.15, -0.1) is 0 Å². The molecule has 0 aromatic rings. The molecule has 0 aliphatic carbocycles. The van der Waals surface area contributed by atoms with Crippen LogP contribution in [0, 0.1) is 0 Å². The molecule has 0 saturated heterocycles. The minimum Gasteiger partial charge on any atom is -0.481 e. The van der Waals surface area contributed by atoms with E-state index in [-0.39, 0.29) is 5.78 Å². The number of carboxylic acids is 1. The molecule has 0 aliphatic rings. The molecule has 0 fully saturated rings. The molecule has 0 amide bonds. The number of hydrogen-bond acceptors (Lipinski definition) is 2. The molecule has 0 saturated carbocycles. The van der Waals surface area contributed by atoms with Crippen LogP contribution in [-0.2, 0) is 9.59 Å². The Morgan fingerprint density at radius 2 is 1.00 bits per heavy atom. The Balaban J connectivity index is 0. The number of ketones is 1. The van der Waals surface area contributed by atoms with E-state index in [9.17, 15) is 9.59 Å². The van der Waals surface area contributed by atoms with Crippen LogP contribution in [0.4, 0.5) is 0 Å². The molecule has 3 nitrogen and oxygen atoms in total. The monoisotopic (exact) mass is 354 g/mol. The van der Waals surface area contributed by atoms with Gasteiger partial charge >= 0.3 is 5.97 Å². The third-order valence-electron chi connectivity index (χ3n) is 4.28. The Bertz CT molecular complexity index is 310. The van der Waals surface area contributed by atoms with E-state index in [1.54, 1.807) is 0 Å². The van der Waals surface area contributed by atoms with Crippen molar-refractivity contribution in [2.24, 2.45) is 0 Å². The molecule has 0 aromatic heterocycles. The largest absolute Gasteiger partial charge is 0.481 e. The van der Waals surface area contributed by atoms with E-state index in [1.165, 1.54) is 96.5 Å². The van der Waals surface area contributed by atoms with Gasteiger partial charge in [0.05, 0.1) is 0 Å². The topological polar surface area (TPSA) is 54.4 Å². The lowest BCUT2D eigenvalue weighted by Gasteiger charge is -2.03. The number of rotatable bonds is 17.